The first-order chi connectivity index (χ1) is 9.61. The molecule has 3 amide bonds. The van der Waals surface area contributed by atoms with Crippen molar-refractivity contribution in [3.8, 4) is 0 Å². The molecule has 104 valence electrons. The van der Waals surface area contributed by atoms with Gasteiger partial charge in [-0.3, -0.25) is 19.3 Å². The molecule has 0 N–H and O–H groups in total. The van der Waals surface area contributed by atoms with E-state index >= 15 is 0 Å². The van der Waals surface area contributed by atoms with Crippen molar-refractivity contribution in [1.29, 1.82) is 0 Å². The minimum Gasteiger partial charge on any atom is -0.341 e. The molecule has 2 aliphatic heterocycles. The summed E-state index contributed by atoms with van der Waals surface area (Å²) in [6.07, 6.45) is 1.97. The third kappa shape index (κ3) is 1.81. The van der Waals surface area contributed by atoms with E-state index in [9.17, 15) is 14.4 Å². The van der Waals surface area contributed by atoms with Crippen molar-refractivity contribution in [2.75, 3.05) is 13.1 Å². The van der Waals surface area contributed by atoms with E-state index in [-0.39, 0.29) is 17.7 Å². The zero-order valence-corrected chi connectivity index (χ0v) is 11.3. The minimum atomic E-state index is -0.736. The standard InChI is InChI=1S/C15H16N2O3/c1-10(13(18)16-8-4-5-9-16)17-14(19)11-6-2-3-7-12(11)15(17)20/h2-3,6-7,10H,4-5,8-9H2,1H3. The molecule has 0 aromatic heterocycles. The van der Waals surface area contributed by atoms with Crippen LogP contribution in [0.15, 0.2) is 24.3 Å². The highest BCUT2D eigenvalue weighted by Crippen LogP contribution is 2.25. The molecule has 0 bridgehead atoms. The summed E-state index contributed by atoms with van der Waals surface area (Å²) in [6, 6.07) is 5.96. The molecule has 5 heteroatoms. The number of fused-ring (bicyclic) bond motifs is 1. The highest BCUT2D eigenvalue weighted by Gasteiger charge is 2.41. The Bertz CT molecular complexity index is 556. The maximum absolute atomic E-state index is 12.4. The van der Waals surface area contributed by atoms with E-state index in [2.05, 4.69) is 0 Å². The van der Waals surface area contributed by atoms with Gasteiger partial charge in [0, 0.05) is 13.1 Å². The molecule has 2 aliphatic rings. The number of carbonyl (C=O) groups excluding carboxylic acids is 3. The molecule has 1 aromatic carbocycles. The SMILES string of the molecule is CC(C(=O)N1CCCC1)N1C(=O)c2ccccc2C1=O. The Hall–Kier alpha value is -2.17. The number of hydrogen-bond donors (Lipinski definition) is 0. The summed E-state index contributed by atoms with van der Waals surface area (Å²) < 4.78 is 0. The Kier molecular flexibility index (Phi) is 3.04. The van der Waals surface area contributed by atoms with Crippen molar-refractivity contribution in [3.63, 3.8) is 0 Å². The second kappa shape index (κ2) is 4.74. The lowest BCUT2D eigenvalue weighted by Crippen LogP contribution is -2.48. The Labute approximate surface area is 117 Å². The lowest BCUT2D eigenvalue weighted by Gasteiger charge is -2.26. The summed E-state index contributed by atoms with van der Waals surface area (Å²) in [5, 5.41) is 0. The first-order valence-corrected chi connectivity index (χ1v) is 6.87. The number of imide groups is 1. The topological polar surface area (TPSA) is 57.7 Å². The fraction of sp³-hybridized carbons (Fsp3) is 0.400. The lowest BCUT2D eigenvalue weighted by molar-refractivity contribution is -0.133. The van der Waals surface area contributed by atoms with E-state index < -0.39 is 6.04 Å². The first kappa shape index (κ1) is 12.8. The van der Waals surface area contributed by atoms with Crippen LogP contribution in [0.4, 0.5) is 0 Å². The second-order valence-electron chi connectivity index (χ2n) is 5.23. The predicted octanol–water partition coefficient (Wildman–Crippen LogP) is 1.29. The van der Waals surface area contributed by atoms with Crippen molar-refractivity contribution in [3.05, 3.63) is 35.4 Å². The van der Waals surface area contributed by atoms with Gasteiger partial charge >= 0.3 is 0 Å². The molecule has 1 fully saturated rings. The summed E-state index contributed by atoms with van der Waals surface area (Å²) in [7, 11) is 0. The fourth-order valence-corrected chi connectivity index (χ4v) is 2.87. The number of benzene rings is 1. The van der Waals surface area contributed by atoms with Crippen LogP contribution in [0, 0.1) is 0 Å². The van der Waals surface area contributed by atoms with Gasteiger partial charge in [0.15, 0.2) is 0 Å². The van der Waals surface area contributed by atoms with Crippen molar-refractivity contribution in [2.45, 2.75) is 25.8 Å². The molecule has 0 spiro atoms. The van der Waals surface area contributed by atoms with Crippen LogP contribution >= 0.6 is 0 Å². The van der Waals surface area contributed by atoms with Crippen LogP contribution in [-0.2, 0) is 4.79 Å². The maximum atomic E-state index is 12.4. The summed E-state index contributed by atoms with van der Waals surface area (Å²) >= 11 is 0. The smallest absolute Gasteiger partial charge is 0.262 e. The van der Waals surface area contributed by atoms with Gasteiger partial charge in [0.05, 0.1) is 11.1 Å². The molecule has 1 aromatic rings. The summed E-state index contributed by atoms with van der Waals surface area (Å²) in [4.78, 5) is 39.8. The van der Waals surface area contributed by atoms with Crippen molar-refractivity contribution in [1.82, 2.24) is 9.80 Å². The summed E-state index contributed by atoms with van der Waals surface area (Å²) in [6.45, 7) is 3.06. The molecule has 2 heterocycles. The number of nitrogens with zero attached hydrogens (tertiary/aromatic N) is 2. The number of hydrogen-bond acceptors (Lipinski definition) is 3. The van der Waals surface area contributed by atoms with Gasteiger partial charge < -0.3 is 4.90 Å². The van der Waals surface area contributed by atoms with Gasteiger partial charge in [-0.2, -0.15) is 0 Å². The molecule has 3 rings (SSSR count). The minimum absolute atomic E-state index is 0.142. The monoisotopic (exact) mass is 272 g/mol. The molecular formula is C15H16N2O3. The number of likely N-dealkylation sites (tertiary alicyclic amines) is 1. The van der Waals surface area contributed by atoms with E-state index in [0.29, 0.717) is 24.2 Å². The van der Waals surface area contributed by atoms with Gasteiger partial charge in [0.2, 0.25) is 5.91 Å². The molecule has 5 nitrogen and oxygen atoms in total. The van der Waals surface area contributed by atoms with Gasteiger partial charge in [0.25, 0.3) is 11.8 Å². The molecule has 0 radical (unpaired) electrons. The van der Waals surface area contributed by atoms with Crippen LogP contribution in [0.3, 0.4) is 0 Å². The second-order valence-corrected chi connectivity index (χ2v) is 5.23. The maximum Gasteiger partial charge on any atom is 0.262 e. The van der Waals surface area contributed by atoms with Crippen LogP contribution in [0.5, 0.6) is 0 Å². The molecule has 1 saturated heterocycles. The summed E-state index contributed by atoms with van der Waals surface area (Å²) in [5.41, 5.74) is 0.775. The van der Waals surface area contributed by atoms with E-state index in [0.717, 1.165) is 17.7 Å². The van der Waals surface area contributed by atoms with Crippen LogP contribution in [0.25, 0.3) is 0 Å². The highest BCUT2D eigenvalue weighted by atomic mass is 16.2. The Morgan fingerprint density at radius 2 is 1.55 bits per heavy atom. The van der Waals surface area contributed by atoms with Crippen LogP contribution in [0.2, 0.25) is 0 Å². The van der Waals surface area contributed by atoms with Crippen LogP contribution in [-0.4, -0.2) is 46.7 Å². The van der Waals surface area contributed by atoms with Gasteiger partial charge in [-0.05, 0) is 31.9 Å². The number of amides is 3. The average Bonchev–Trinajstić information content (AvgIpc) is 3.07. The Morgan fingerprint density at radius 1 is 1.05 bits per heavy atom. The molecule has 0 aliphatic carbocycles. The first-order valence-electron chi connectivity index (χ1n) is 6.87. The summed E-state index contributed by atoms with van der Waals surface area (Å²) in [5.74, 6) is -0.881. The van der Waals surface area contributed by atoms with E-state index in [1.807, 2.05) is 0 Å². The van der Waals surface area contributed by atoms with Gasteiger partial charge in [-0.15, -0.1) is 0 Å². The van der Waals surface area contributed by atoms with Gasteiger partial charge in [-0.25, -0.2) is 0 Å². The third-order valence-electron chi connectivity index (χ3n) is 3.99. The zero-order valence-electron chi connectivity index (χ0n) is 11.3. The lowest BCUT2D eigenvalue weighted by atomic mass is 10.1. The predicted molar refractivity (Wildman–Crippen MR) is 72.2 cm³/mol. The van der Waals surface area contributed by atoms with E-state index in [1.165, 1.54) is 0 Å². The normalized spacial score (nSPS) is 19.4. The average molecular weight is 272 g/mol. The van der Waals surface area contributed by atoms with E-state index in [4.69, 9.17) is 0 Å². The molecule has 1 atom stereocenters. The molecule has 20 heavy (non-hydrogen) atoms. The highest BCUT2D eigenvalue weighted by molar-refractivity contribution is 6.22. The van der Waals surface area contributed by atoms with Crippen molar-refractivity contribution < 1.29 is 14.4 Å². The molecule has 1 unspecified atom stereocenters. The third-order valence-corrected chi connectivity index (χ3v) is 3.99. The van der Waals surface area contributed by atoms with E-state index in [1.54, 1.807) is 36.1 Å². The zero-order chi connectivity index (χ0) is 14.3. The Morgan fingerprint density at radius 3 is 2.05 bits per heavy atom. The molecule has 0 saturated carbocycles. The van der Waals surface area contributed by atoms with Crippen molar-refractivity contribution in [2.24, 2.45) is 0 Å². The van der Waals surface area contributed by atoms with Gasteiger partial charge in [0.1, 0.15) is 6.04 Å². The quantitative estimate of drug-likeness (QED) is 0.762. The molecular weight excluding hydrogens is 256 g/mol. The van der Waals surface area contributed by atoms with Crippen LogP contribution in [0.1, 0.15) is 40.5 Å². The Balaban J connectivity index is 1.86. The van der Waals surface area contributed by atoms with Gasteiger partial charge in [-0.1, -0.05) is 12.1 Å². The van der Waals surface area contributed by atoms with Crippen molar-refractivity contribution >= 4 is 17.7 Å². The number of carbonyl (C=O) groups is 3. The fourth-order valence-electron chi connectivity index (χ4n) is 2.87. The number of rotatable bonds is 2. The largest absolute Gasteiger partial charge is 0.341 e. The van der Waals surface area contributed by atoms with Crippen LogP contribution < -0.4 is 0 Å².